The third-order valence-corrected chi connectivity index (χ3v) is 1.85. The van der Waals surface area contributed by atoms with Crippen LogP contribution < -0.4 is 5.32 Å². The van der Waals surface area contributed by atoms with E-state index in [0.29, 0.717) is 19.1 Å². The first-order valence-corrected chi connectivity index (χ1v) is 5.63. The summed E-state index contributed by atoms with van der Waals surface area (Å²) < 4.78 is 5.32. The molecule has 3 nitrogen and oxygen atoms in total. The molecule has 14 heavy (non-hydrogen) atoms. The molecule has 0 aliphatic carbocycles. The highest BCUT2D eigenvalue weighted by molar-refractivity contribution is 4.58. The third-order valence-electron chi connectivity index (χ3n) is 1.85. The molecule has 0 aromatic carbocycles. The van der Waals surface area contributed by atoms with Crippen LogP contribution in [0.4, 0.5) is 0 Å². The van der Waals surface area contributed by atoms with Crippen LogP contribution >= 0.6 is 0 Å². The molecular formula is C11H25NO2. The largest absolute Gasteiger partial charge is 0.389 e. The molecule has 0 saturated heterocycles. The van der Waals surface area contributed by atoms with Crippen molar-refractivity contribution in [1.82, 2.24) is 5.32 Å². The van der Waals surface area contributed by atoms with Gasteiger partial charge in [0, 0.05) is 13.2 Å². The van der Waals surface area contributed by atoms with Gasteiger partial charge in [-0.2, -0.15) is 0 Å². The number of hydrogen-bond donors (Lipinski definition) is 2. The normalized spacial score (nSPS) is 13.5. The Balaban J connectivity index is 3.15. The van der Waals surface area contributed by atoms with Gasteiger partial charge in [0.05, 0.1) is 12.7 Å². The summed E-state index contributed by atoms with van der Waals surface area (Å²) in [7, 11) is 0. The molecule has 0 heterocycles. The molecular weight excluding hydrogens is 178 g/mol. The van der Waals surface area contributed by atoms with E-state index in [-0.39, 0.29) is 6.10 Å². The fraction of sp³-hybridized carbons (Fsp3) is 1.00. The summed E-state index contributed by atoms with van der Waals surface area (Å²) in [6, 6.07) is 0. The fourth-order valence-corrected chi connectivity index (χ4v) is 1.07. The molecule has 0 spiro atoms. The first-order valence-electron chi connectivity index (χ1n) is 5.63. The van der Waals surface area contributed by atoms with Crippen molar-refractivity contribution in [3.05, 3.63) is 0 Å². The summed E-state index contributed by atoms with van der Waals surface area (Å²) in [5.74, 6) is 0.537. The lowest BCUT2D eigenvalue weighted by atomic mass is 10.2. The molecule has 0 aromatic heterocycles. The van der Waals surface area contributed by atoms with Gasteiger partial charge < -0.3 is 15.2 Å². The highest BCUT2D eigenvalue weighted by Gasteiger charge is 2.03. The molecule has 1 unspecified atom stereocenters. The number of ether oxygens (including phenoxy) is 1. The Morgan fingerprint density at radius 2 is 2.00 bits per heavy atom. The molecule has 0 rings (SSSR count). The molecule has 0 fully saturated rings. The second-order valence-electron chi connectivity index (χ2n) is 4.14. The topological polar surface area (TPSA) is 41.5 Å². The Kier molecular flexibility index (Phi) is 9.35. The first-order chi connectivity index (χ1) is 6.66. The van der Waals surface area contributed by atoms with Gasteiger partial charge in [-0.05, 0) is 18.9 Å². The zero-order chi connectivity index (χ0) is 10.8. The van der Waals surface area contributed by atoms with Crippen molar-refractivity contribution in [2.45, 2.75) is 39.7 Å². The Labute approximate surface area is 87.8 Å². The van der Waals surface area contributed by atoms with Gasteiger partial charge in [0.25, 0.3) is 0 Å². The molecule has 1 atom stereocenters. The van der Waals surface area contributed by atoms with Crippen molar-refractivity contribution in [3.8, 4) is 0 Å². The van der Waals surface area contributed by atoms with Gasteiger partial charge >= 0.3 is 0 Å². The maximum absolute atomic E-state index is 9.47. The van der Waals surface area contributed by atoms with E-state index in [1.165, 1.54) is 12.8 Å². The molecule has 3 heteroatoms. The van der Waals surface area contributed by atoms with E-state index in [9.17, 15) is 5.11 Å². The lowest BCUT2D eigenvalue weighted by Crippen LogP contribution is -2.31. The quantitative estimate of drug-likeness (QED) is 0.557. The van der Waals surface area contributed by atoms with Crippen LogP contribution in [0, 0.1) is 5.92 Å². The Bertz CT molecular complexity index is 118. The smallest absolute Gasteiger partial charge is 0.0897 e. The lowest BCUT2D eigenvalue weighted by Gasteiger charge is -2.13. The van der Waals surface area contributed by atoms with Gasteiger partial charge in [-0.3, -0.25) is 0 Å². The Morgan fingerprint density at radius 3 is 2.57 bits per heavy atom. The predicted octanol–water partition coefficient (Wildman–Crippen LogP) is 1.41. The van der Waals surface area contributed by atoms with Crippen molar-refractivity contribution in [1.29, 1.82) is 0 Å². The van der Waals surface area contributed by atoms with Crippen LogP contribution in [0.25, 0.3) is 0 Å². The summed E-state index contributed by atoms with van der Waals surface area (Å²) in [5.41, 5.74) is 0. The van der Waals surface area contributed by atoms with Gasteiger partial charge in [-0.1, -0.05) is 27.2 Å². The molecule has 0 aromatic rings. The molecule has 0 bridgehead atoms. The van der Waals surface area contributed by atoms with Crippen LogP contribution in [0.5, 0.6) is 0 Å². The number of nitrogens with one attached hydrogen (secondary N) is 1. The minimum absolute atomic E-state index is 0.370. The molecule has 0 amide bonds. The zero-order valence-electron chi connectivity index (χ0n) is 9.75. The van der Waals surface area contributed by atoms with E-state index >= 15 is 0 Å². The van der Waals surface area contributed by atoms with Crippen LogP contribution in [0.2, 0.25) is 0 Å². The molecule has 86 valence electrons. The number of aliphatic hydroxyl groups excluding tert-OH is 1. The number of unbranched alkanes of at least 4 members (excludes halogenated alkanes) is 1. The molecule has 0 saturated carbocycles. The van der Waals surface area contributed by atoms with E-state index in [2.05, 4.69) is 26.1 Å². The summed E-state index contributed by atoms with van der Waals surface area (Å²) in [6.45, 7) is 9.15. The Hall–Kier alpha value is -0.120. The highest BCUT2D eigenvalue weighted by atomic mass is 16.5. The average Bonchev–Trinajstić information content (AvgIpc) is 2.12. The van der Waals surface area contributed by atoms with E-state index in [1.54, 1.807) is 0 Å². The van der Waals surface area contributed by atoms with E-state index in [0.717, 1.165) is 13.2 Å². The van der Waals surface area contributed by atoms with Crippen LogP contribution in [0.3, 0.4) is 0 Å². The van der Waals surface area contributed by atoms with Crippen LogP contribution in [-0.2, 0) is 4.74 Å². The molecule has 0 radical (unpaired) electrons. The van der Waals surface area contributed by atoms with Crippen molar-refractivity contribution in [3.63, 3.8) is 0 Å². The SMILES string of the molecule is CCCCNCC(O)COCC(C)C. The van der Waals surface area contributed by atoms with Gasteiger partial charge in [0.1, 0.15) is 0 Å². The molecule has 0 aliphatic heterocycles. The standard InChI is InChI=1S/C11H25NO2/c1-4-5-6-12-7-11(13)9-14-8-10(2)3/h10-13H,4-9H2,1-3H3. The maximum Gasteiger partial charge on any atom is 0.0897 e. The van der Waals surface area contributed by atoms with E-state index in [4.69, 9.17) is 4.74 Å². The van der Waals surface area contributed by atoms with E-state index < -0.39 is 0 Å². The zero-order valence-corrected chi connectivity index (χ0v) is 9.75. The molecule has 2 N–H and O–H groups in total. The summed E-state index contributed by atoms with van der Waals surface area (Å²) in [4.78, 5) is 0. The van der Waals surface area contributed by atoms with Crippen molar-refractivity contribution >= 4 is 0 Å². The molecule has 0 aliphatic rings. The third kappa shape index (κ3) is 9.96. The predicted molar refractivity (Wildman–Crippen MR) is 59.4 cm³/mol. The maximum atomic E-state index is 9.47. The van der Waals surface area contributed by atoms with E-state index in [1.807, 2.05) is 0 Å². The van der Waals surface area contributed by atoms with Gasteiger partial charge in [0.15, 0.2) is 0 Å². The van der Waals surface area contributed by atoms with Gasteiger partial charge in [-0.25, -0.2) is 0 Å². The number of aliphatic hydroxyl groups is 1. The van der Waals surface area contributed by atoms with Gasteiger partial charge in [-0.15, -0.1) is 0 Å². The number of rotatable bonds is 9. The van der Waals surface area contributed by atoms with Crippen LogP contribution in [0.1, 0.15) is 33.6 Å². The summed E-state index contributed by atoms with van der Waals surface area (Å²) in [6.07, 6.45) is 1.98. The second kappa shape index (κ2) is 9.44. The minimum Gasteiger partial charge on any atom is -0.389 e. The van der Waals surface area contributed by atoms with Crippen LogP contribution in [0.15, 0.2) is 0 Å². The monoisotopic (exact) mass is 203 g/mol. The number of hydrogen-bond acceptors (Lipinski definition) is 3. The second-order valence-corrected chi connectivity index (χ2v) is 4.14. The van der Waals surface area contributed by atoms with Gasteiger partial charge in [0.2, 0.25) is 0 Å². The lowest BCUT2D eigenvalue weighted by molar-refractivity contribution is 0.0262. The highest BCUT2D eigenvalue weighted by Crippen LogP contribution is 1.93. The fourth-order valence-electron chi connectivity index (χ4n) is 1.07. The summed E-state index contributed by atoms with van der Waals surface area (Å²) >= 11 is 0. The Morgan fingerprint density at radius 1 is 1.29 bits per heavy atom. The van der Waals surface area contributed by atoms with Crippen LogP contribution in [-0.4, -0.2) is 37.5 Å². The summed E-state index contributed by atoms with van der Waals surface area (Å²) in [5, 5.41) is 12.7. The van der Waals surface area contributed by atoms with Crippen molar-refractivity contribution in [2.75, 3.05) is 26.3 Å². The van der Waals surface area contributed by atoms with Crippen molar-refractivity contribution in [2.24, 2.45) is 5.92 Å². The first kappa shape index (κ1) is 13.9. The van der Waals surface area contributed by atoms with Crippen molar-refractivity contribution < 1.29 is 9.84 Å². The average molecular weight is 203 g/mol. The minimum atomic E-state index is -0.370.